The van der Waals surface area contributed by atoms with Crippen molar-refractivity contribution in [2.24, 2.45) is 5.92 Å². The molecule has 0 heterocycles. The highest BCUT2D eigenvalue weighted by atomic mass is 32.2. The van der Waals surface area contributed by atoms with E-state index in [4.69, 9.17) is 9.44 Å². The molecule has 0 aliphatic carbocycles. The van der Waals surface area contributed by atoms with E-state index in [9.17, 15) is 8.42 Å². The van der Waals surface area contributed by atoms with Gasteiger partial charge in [-0.3, -0.25) is 0 Å². The summed E-state index contributed by atoms with van der Waals surface area (Å²) in [4.78, 5) is 0.130. The second kappa shape index (κ2) is 8.60. The molecule has 0 aliphatic rings. The monoisotopic (exact) mass is 321 g/mol. The quantitative estimate of drug-likeness (QED) is 0.528. The number of hydrogen-bond acceptors (Lipinski definition) is 4. The fourth-order valence-electron chi connectivity index (χ4n) is 1.87. The van der Waals surface area contributed by atoms with Crippen molar-refractivity contribution in [2.45, 2.75) is 51.3 Å². The van der Waals surface area contributed by atoms with Crippen LogP contribution in [-0.4, -0.2) is 8.42 Å². The molecule has 0 N–H and O–H groups in total. The maximum Gasteiger partial charge on any atom is 0.338 e. The minimum atomic E-state index is -3.85. The summed E-state index contributed by atoms with van der Waals surface area (Å²) in [7, 11) is -3.85. The van der Waals surface area contributed by atoms with E-state index in [1.165, 1.54) is 12.1 Å². The molecular formula is C17H23NO3S. The number of hydrogen-bond donors (Lipinski definition) is 0. The predicted octanol–water partition coefficient (Wildman–Crippen LogP) is 4.32. The molecule has 0 saturated heterocycles. The summed E-state index contributed by atoms with van der Waals surface area (Å²) in [6.07, 6.45) is 4.51. The van der Waals surface area contributed by atoms with Crippen LogP contribution in [0.5, 0.6) is 0 Å². The largest absolute Gasteiger partial charge is 0.384 e. The van der Waals surface area contributed by atoms with E-state index < -0.39 is 10.1 Å². The molecular weight excluding hydrogens is 298 g/mol. The SMILES string of the molecule is CCCC/C(=C/[C@H](C#N)CC)OS(=O)(=O)c1ccc(C)cc1. The van der Waals surface area contributed by atoms with Crippen LogP contribution in [0.1, 0.15) is 45.1 Å². The Morgan fingerprint density at radius 3 is 2.45 bits per heavy atom. The van der Waals surface area contributed by atoms with Crippen molar-refractivity contribution in [3.8, 4) is 6.07 Å². The van der Waals surface area contributed by atoms with Crippen LogP contribution in [-0.2, 0) is 14.3 Å². The molecule has 0 spiro atoms. The second-order valence-electron chi connectivity index (χ2n) is 5.23. The first-order valence-corrected chi connectivity index (χ1v) is 8.95. The van der Waals surface area contributed by atoms with Crippen LogP contribution in [0, 0.1) is 24.2 Å². The molecule has 0 fully saturated rings. The van der Waals surface area contributed by atoms with Gasteiger partial charge in [-0.2, -0.15) is 13.7 Å². The Kier molecular flexibility index (Phi) is 7.13. The van der Waals surface area contributed by atoms with E-state index in [-0.39, 0.29) is 10.8 Å². The molecule has 0 aromatic heterocycles. The molecule has 0 amide bonds. The minimum absolute atomic E-state index is 0.130. The smallest absolute Gasteiger partial charge is 0.338 e. The lowest BCUT2D eigenvalue weighted by atomic mass is 10.1. The summed E-state index contributed by atoms with van der Waals surface area (Å²) in [5.41, 5.74) is 0.983. The van der Waals surface area contributed by atoms with Gasteiger partial charge in [0, 0.05) is 6.42 Å². The number of rotatable bonds is 8. The average molecular weight is 321 g/mol. The van der Waals surface area contributed by atoms with Gasteiger partial charge in [0.2, 0.25) is 0 Å². The minimum Gasteiger partial charge on any atom is -0.384 e. The molecule has 0 saturated carbocycles. The van der Waals surface area contributed by atoms with Crippen molar-refractivity contribution < 1.29 is 12.6 Å². The molecule has 4 nitrogen and oxygen atoms in total. The number of nitrogens with zero attached hydrogens (tertiary/aromatic N) is 1. The molecule has 22 heavy (non-hydrogen) atoms. The number of allylic oxidation sites excluding steroid dienone is 2. The van der Waals surface area contributed by atoms with Crippen molar-refractivity contribution >= 4 is 10.1 Å². The van der Waals surface area contributed by atoms with Gasteiger partial charge in [0.15, 0.2) is 0 Å². The second-order valence-corrected chi connectivity index (χ2v) is 6.78. The standard InChI is InChI=1S/C17H23NO3S/c1-4-6-7-16(12-15(5-2)13-18)21-22(19,20)17-10-8-14(3)9-11-17/h8-12,15H,4-7H2,1-3H3/b16-12-/t15-/m1/s1. The van der Waals surface area contributed by atoms with E-state index in [1.54, 1.807) is 18.2 Å². The Balaban J connectivity index is 3.01. The highest BCUT2D eigenvalue weighted by Gasteiger charge is 2.18. The molecule has 1 rings (SSSR count). The number of benzene rings is 1. The normalized spacial score (nSPS) is 13.5. The van der Waals surface area contributed by atoms with E-state index in [2.05, 4.69) is 6.07 Å². The predicted molar refractivity (Wildman–Crippen MR) is 86.5 cm³/mol. The lowest BCUT2D eigenvalue weighted by molar-refractivity contribution is 0.382. The van der Waals surface area contributed by atoms with Gasteiger partial charge in [0.25, 0.3) is 0 Å². The third kappa shape index (κ3) is 5.53. The Morgan fingerprint density at radius 2 is 1.95 bits per heavy atom. The lowest BCUT2D eigenvalue weighted by Gasteiger charge is -2.12. The zero-order valence-corrected chi connectivity index (χ0v) is 14.2. The van der Waals surface area contributed by atoms with E-state index in [1.807, 2.05) is 20.8 Å². The zero-order valence-electron chi connectivity index (χ0n) is 13.4. The Labute approximate surface area is 133 Å². The molecule has 1 aromatic rings. The van der Waals surface area contributed by atoms with Gasteiger partial charge in [0.05, 0.1) is 12.0 Å². The average Bonchev–Trinajstić information content (AvgIpc) is 2.50. The number of aryl methyl sites for hydroxylation is 1. The van der Waals surface area contributed by atoms with Gasteiger partial charge in [-0.25, -0.2) is 0 Å². The third-order valence-corrected chi connectivity index (χ3v) is 4.58. The van der Waals surface area contributed by atoms with Crippen LogP contribution >= 0.6 is 0 Å². The van der Waals surface area contributed by atoms with Crippen LogP contribution in [0.25, 0.3) is 0 Å². The van der Waals surface area contributed by atoms with Gasteiger partial charge in [-0.15, -0.1) is 0 Å². The molecule has 0 bridgehead atoms. The van der Waals surface area contributed by atoms with Crippen molar-refractivity contribution in [1.29, 1.82) is 5.26 Å². The fraction of sp³-hybridized carbons (Fsp3) is 0.471. The van der Waals surface area contributed by atoms with Gasteiger partial charge in [0.1, 0.15) is 10.7 Å². The van der Waals surface area contributed by atoms with E-state index >= 15 is 0 Å². The Bertz CT molecular complexity index is 639. The van der Waals surface area contributed by atoms with Crippen molar-refractivity contribution in [2.75, 3.05) is 0 Å². The highest BCUT2D eigenvalue weighted by molar-refractivity contribution is 7.86. The molecule has 120 valence electrons. The van der Waals surface area contributed by atoms with Gasteiger partial charge in [-0.1, -0.05) is 38.0 Å². The zero-order chi connectivity index (χ0) is 16.6. The maximum absolute atomic E-state index is 12.3. The highest BCUT2D eigenvalue weighted by Crippen LogP contribution is 2.21. The van der Waals surface area contributed by atoms with Crippen LogP contribution in [0.15, 0.2) is 41.0 Å². The summed E-state index contributed by atoms with van der Waals surface area (Å²) in [5.74, 6) is 0.0240. The summed E-state index contributed by atoms with van der Waals surface area (Å²) < 4.78 is 29.9. The van der Waals surface area contributed by atoms with E-state index in [0.717, 1.165) is 18.4 Å². The molecule has 1 atom stereocenters. The molecule has 0 unspecified atom stereocenters. The van der Waals surface area contributed by atoms with Crippen LogP contribution in [0.2, 0.25) is 0 Å². The lowest BCUT2D eigenvalue weighted by Crippen LogP contribution is -2.08. The summed E-state index contributed by atoms with van der Waals surface area (Å²) in [6.45, 7) is 5.80. The first-order chi connectivity index (χ1) is 10.4. The first kappa shape index (κ1) is 18.2. The molecule has 0 radical (unpaired) electrons. The first-order valence-electron chi connectivity index (χ1n) is 7.54. The van der Waals surface area contributed by atoms with Crippen LogP contribution < -0.4 is 0 Å². The third-order valence-electron chi connectivity index (χ3n) is 3.30. The van der Waals surface area contributed by atoms with Gasteiger partial charge < -0.3 is 4.18 Å². The summed E-state index contributed by atoms with van der Waals surface area (Å²) >= 11 is 0. The van der Waals surface area contributed by atoms with Crippen LogP contribution in [0.4, 0.5) is 0 Å². The van der Waals surface area contributed by atoms with Crippen molar-refractivity contribution in [1.82, 2.24) is 0 Å². The Hall–Kier alpha value is -1.80. The summed E-state index contributed by atoms with van der Waals surface area (Å²) in [5, 5.41) is 9.05. The van der Waals surface area contributed by atoms with Gasteiger partial charge >= 0.3 is 10.1 Å². The number of unbranched alkanes of at least 4 members (excludes halogenated alkanes) is 1. The molecule has 5 heteroatoms. The fourth-order valence-corrected chi connectivity index (χ4v) is 2.85. The maximum atomic E-state index is 12.3. The topological polar surface area (TPSA) is 67.2 Å². The molecule has 0 aliphatic heterocycles. The van der Waals surface area contributed by atoms with E-state index in [0.29, 0.717) is 18.6 Å². The van der Waals surface area contributed by atoms with Crippen LogP contribution in [0.3, 0.4) is 0 Å². The summed E-state index contributed by atoms with van der Waals surface area (Å²) in [6, 6.07) is 8.67. The van der Waals surface area contributed by atoms with Gasteiger partial charge in [-0.05, 0) is 38.0 Å². The molecule has 1 aromatic carbocycles. The van der Waals surface area contributed by atoms with Crippen molar-refractivity contribution in [3.63, 3.8) is 0 Å². The Morgan fingerprint density at radius 1 is 1.32 bits per heavy atom. The number of nitriles is 1. The van der Waals surface area contributed by atoms with Crippen molar-refractivity contribution in [3.05, 3.63) is 41.7 Å².